The molecule has 0 radical (unpaired) electrons. The van der Waals surface area contributed by atoms with Gasteiger partial charge >= 0.3 is 0 Å². The van der Waals surface area contributed by atoms with E-state index in [9.17, 15) is 20.4 Å². The van der Waals surface area contributed by atoms with Crippen LogP contribution >= 0.6 is 0 Å². The van der Waals surface area contributed by atoms with Crippen molar-refractivity contribution in [3.05, 3.63) is 119 Å². The molecule has 4 aromatic carbocycles. The maximum Gasteiger partial charge on any atom is 0.119 e. The molecule has 4 aliphatic rings. The van der Waals surface area contributed by atoms with Gasteiger partial charge < -0.3 is 20.4 Å². The first-order valence-corrected chi connectivity index (χ1v) is 13.6. The molecule has 0 unspecified atom stereocenters. The van der Waals surface area contributed by atoms with Crippen molar-refractivity contribution >= 4 is 0 Å². The van der Waals surface area contributed by atoms with Crippen LogP contribution in [0.3, 0.4) is 0 Å². The van der Waals surface area contributed by atoms with E-state index in [2.05, 4.69) is 0 Å². The highest BCUT2D eigenvalue weighted by Gasteiger charge is 2.75. The van der Waals surface area contributed by atoms with Crippen LogP contribution in [-0.4, -0.2) is 20.4 Å². The molecule has 0 heterocycles. The van der Waals surface area contributed by atoms with Crippen LogP contribution in [0.4, 0.5) is 0 Å². The lowest BCUT2D eigenvalue weighted by Crippen LogP contribution is -2.72. The number of hydrogen-bond donors (Lipinski definition) is 4. The number of phenols is 4. The van der Waals surface area contributed by atoms with Gasteiger partial charge in [-0.05, 0) is 68.2 Å². The van der Waals surface area contributed by atoms with Crippen LogP contribution in [0.2, 0.25) is 0 Å². The summed E-state index contributed by atoms with van der Waals surface area (Å²) in [6, 6.07) is 30.1. The van der Waals surface area contributed by atoms with Crippen molar-refractivity contribution in [1.82, 2.24) is 0 Å². The van der Waals surface area contributed by atoms with Gasteiger partial charge in [-0.2, -0.15) is 0 Å². The predicted octanol–water partition coefficient (Wildman–Crippen LogP) is 6.89. The smallest absolute Gasteiger partial charge is 0.119 e. The Morgan fingerprint density at radius 2 is 0.711 bits per heavy atom. The number of rotatable bonds is 4. The molecular weight excluding hydrogens is 472 g/mol. The Morgan fingerprint density at radius 3 is 1.03 bits per heavy atom. The zero-order valence-electron chi connectivity index (χ0n) is 21.2. The molecule has 4 heteroatoms. The van der Waals surface area contributed by atoms with Gasteiger partial charge in [-0.1, -0.05) is 72.8 Å². The van der Waals surface area contributed by atoms with Crippen molar-refractivity contribution in [2.24, 2.45) is 11.8 Å². The summed E-state index contributed by atoms with van der Waals surface area (Å²) in [5.41, 5.74) is 0.909. The third-order valence-corrected chi connectivity index (χ3v) is 10.1. The lowest BCUT2D eigenvalue weighted by molar-refractivity contribution is -0.0930. The highest BCUT2D eigenvalue weighted by atomic mass is 16.3. The van der Waals surface area contributed by atoms with Gasteiger partial charge in [0.05, 0.1) is 0 Å². The van der Waals surface area contributed by atoms with E-state index < -0.39 is 16.2 Å². The minimum Gasteiger partial charge on any atom is -0.508 e. The summed E-state index contributed by atoms with van der Waals surface area (Å²) in [7, 11) is 0. The Morgan fingerprint density at radius 1 is 0.421 bits per heavy atom. The number of benzene rings is 4. The summed E-state index contributed by atoms with van der Waals surface area (Å²) in [4.78, 5) is 0. The fourth-order valence-electron chi connectivity index (χ4n) is 9.52. The molecule has 4 nitrogen and oxygen atoms in total. The Labute approximate surface area is 222 Å². The predicted molar refractivity (Wildman–Crippen MR) is 147 cm³/mol. The average Bonchev–Trinajstić information content (AvgIpc) is 2.90. The van der Waals surface area contributed by atoms with E-state index in [1.165, 1.54) is 0 Å². The van der Waals surface area contributed by atoms with Crippen LogP contribution in [0, 0.1) is 11.8 Å². The van der Waals surface area contributed by atoms with Crippen molar-refractivity contribution < 1.29 is 20.4 Å². The second-order valence-corrected chi connectivity index (χ2v) is 11.8. The first kappa shape index (κ1) is 23.2. The van der Waals surface area contributed by atoms with E-state index in [4.69, 9.17) is 0 Å². The monoisotopic (exact) mass is 504 g/mol. The third kappa shape index (κ3) is 2.75. The zero-order valence-corrected chi connectivity index (χ0v) is 21.2. The Bertz CT molecular complexity index is 1410. The molecule has 4 bridgehead atoms. The summed E-state index contributed by atoms with van der Waals surface area (Å²) in [5.74, 6) is 1.55. The van der Waals surface area contributed by atoms with Crippen molar-refractivity contribution in [2.75, 3.05) is 0 Å². The SMILES string of the molecule is Oc1ccccc1C12CC3CC(C1)CC(c1ccccc1O)(C3)C2(c1ccccc1O)c1ccccc1O. The minimum absolute atomic E-state index is 0.160. The summed E-state index contributed by atoms with van der Waals surface area (Å²) in [5, 5.41) is 46.3. The van der Waals surface area contributed by atoms with Crippen molar-refractivity contribution in [3.63, 3.8) is 0 Å². The summed E-state index contributed by atoms with van der Waals surface area (Å²) < 4.78 is 0. The molecule has 0 amide bonds. The van der Waals surface area contributed by atoms with E-state index in [0.717, 1.165) is 54.4 Å². The largest absolute Gasteiger partial charge is 0.508 e. The highest BCUT2D eigenvalue weighted by Crippen LogP contribution is 2.78. The van der Waals surface area contributed by atoms with E-state index in [1.54, 1.807) is 24.3 Å². The van der Waals surface area contributed by atoms with Crippen molar-refractivity contribution in [3.8, 4) is 23.0 Å². The third-order valence-electron chi connectivity index (χ3n) is 10.1. The van der Waals surface area contributed by atoms with E-state index in [-0.39, 0.29) is 23.0 Å². The molecule has 4 aromatic rings. The first-order chi connectivity index (χ1) is 18.4. The fraction of sp³-hybridized carbons (Fsp3) is 0.294. The summed E-state index contributed by atoms with van der Waals surface area (Å²) in [6.07, 6.45) is 4.39. The maximum atomic E-state index is 11.7. The summed E-state index contributed by atoms with van der Waals surface area (Å²) in [6.45, 7) is 0. The quantitative estimate of drug-likeness (QED) is 0.244. The molecule has 4 saturated carbocycles. The summed E-state index contributed by atoms with van der Waals surface area (Å²) >= 11 is 0. The zero-order chi connectivity index (χ0) is 26.1. The van der Waals surface area contributed by atoms with Crippen LogP contribution in [0.25, 0.3) is 0 Å². The van der Waals surface area contributed by atoms with Gasteiger partial charge in [-0.3, -0.25) is 0 Å². The molecule has 0 aliphatic heterocycles. The number of para-hydroxylation sites is 4. The first-order valence-electron chi connectivity index (χ1n) is 13.6. The Hall–Kier alpha value is -3.92. The van der Waals surface area contributed by atoms with Gasteiger partial charge in [-0.25, -0.2) is 0 Å². The average molecular weight is 505 g/mol. The van der Waals surface area contributed by atoms with Gasteiger partial charge in [0, 0.05) is 38.5 Å². The number of aromatic hydroxyl groups is 4. The molecule has 4 fully saturated rings. The van der Waals surface area contributed by atoms with Crippen molar-refractivity contribution in [2.45, 2.75) is 48.3 Å². The van der Waals surface area contributed by atoms with Crippen LogP contribution in [-0.2, 0) is 16.2 Å². The van der Waals surface area contributed by atoms with Crippen LogP contribution in [0.1, 0.15) is 54.4 Å². The Kier molecular flexibility index (Phi) is 4.91. The maximum absolute atomic E-state index is 11.7. The molecule has 4 aliphatic carbocycles. The molecule has 4 N–H and O–H groups in total. The van der Waals surface area contributed by atoms with E-state index in [1.807, 2.05) is 72.8 Å². The van der Waals surface area contributed by atoms with E-state index >= 15 is 0 Å². The lowest BCUT2D eigenvalue weighted by atomic mass is 9.28. The second-order valence-electron chi connectivity index (χ2n) is 11.8. The van der Waals surface area contributed by atoms with Gasteiger partial charge in [0.25, 0.3) is 0 Å². The molecule has 8 rings (SSSR count). The molecular formula is C34H32O4. The van der Waals surface area contributed by atoms with Crippen molar-refractivity contribution in [1.29, 1.82) is 0 Å². The standard InChI is InChI=1S/C34H32O4/c35-28-13-5-1-9-24(28)32-18-22-17-23(19-32)21-33(20-22,25-10-2-6-14-29(25)36)34(32,26-11-3-7-15-30(26)37)27-12-4-8-16-31(27)38/h1-16,22-23,35-38H,17-21H2. The van der Waals surface area contributed by atoms with Gasteiger partial charge in [-0.15, -0.1) is 0 Å². The van der Waals surface area contributed by atoms with Gasteiger partial charge in [0.2, 0.25) is 0 Å². The van der Waals surface area contributed by atoms with Gasteiger partial charge in [0.15, 0.2) is 0 Å². The molecule has 0 saturated heterocycles. The van der Waals surface area contributed by atoms with Crippen LogP contribution in [0.5, 0.6) is 23.0 Å². The number of hydrogen-bond acceptors (Lipinski definition) is 4. The van der Waals surface area contributed by atoms with Gasteiger partial charge in [0.1, 0.15) is 23.0 Å². The topological polar surface area (TPSA) is 80.9 Å². The molecule has 192 valence electrons. The fourth-order valence-corrected chi connectivity index (χ4v) is 9.52. The minimum atomic E-state index is -0.970. The molecule has 0 spiro atoms. The Balaban J connectivity index is 1.73. The molecule has 0 atom stereocenters. The lowest BCUT2D eigenvalue weighted by Gasteiger charge is -2.73. The highest BCUT2D eigenvalue weighted by molar-refractivity contribution is 5.66. The number of phenolic OH excluding ortho intramolecular Hbond substituents is 4. The van der Waals surface area contributed by atoms with Crippen LogP contribution in [0.15, 0.2) is 97.1 Å². The van der Waals surface area contributed by atoms with Crippen LogP contribution < -0.4 is 0 Å². The molecule has 38 heavy (non-hydrogen) atoms. The normalized spacial score (nSPS) is 28.8. The second kappa shape index (κ2) is 8.04. The van der Waals surface area contributed by atoms with E-state index in [0.29, 0.717) is 11.8 Å². The molecule has 0 aromatic heterocycles.